The molecule has 0 radical (unpaired) electrons. The SMILES string of the molecule is Cc1noc(N)c1C(=O)OCc1coc(-c2ccccc2)n1. The Kier molecular flexibility index (Phi) is 3.61. The Morgan fingerprint density at radius 2 is 2.09 bits per heavy atom. The highest BCUT2D eigenvalue weighted by Gasteiger charge is 2.20. The van der Waals surface area contributed by atoms with E-state index < -0.39 is 5.97 Å². The van der Waals surface area contributed by atoms with Crippen molar-refractivity contribution in [3.05, 3.63) is 53.5 Å². The molecule has 0 amide bonds. The summed E-state index contributed by atoms with van der Waals surface area (Å²) in [6.45, 7) is 1.58. The Labute approximate surface area is 125 Å². The van der Waals surface area contributed by atoms with Gasteiger partial charge in [-0.25, -0.2) is 9.78 Å². The van der Waals surface area contributed by atoms with Crippen LogP contribution in [0.5, 0.6) is 0 Å². The number of nitrogens with zero attached hydrogens (tertiary/aromatic N) is 2. The minimum Gasteiger partial charge on any atom is -0.455 e. The number of carbonyl (C=O) groups excluding carboxylic acids is 1. The van der Waals surface area contributed by atoms with Gasteiger partial charge in [0, 0.05) is 5.56 Å². The Morgan fingerprint density at radius 3 is 2.77 bits per heavy atom. The van der Waals surface area contributed by atoms with E-state index in [1.807, 2.05) is 30.3 Å². The van der Waals surface area contributed by atoms with Gasteiger partial charge in [-0.1, -0.05) is 23.4 Å². The van der Waals surface area contributed by atoms with Gasteiger partial charge < -0.3 is 19.4 Å². The van der Waals surface area contributed by atoms with Gasteiger partial charge in [-0.15, -0.1) is 0 Å². The van der Waals surface area contributed by atoms with Crippen LogP contribution in [0.4, 0.5) is 5.88 Å². The van der Waals surface area contributed by atoms with Crippen LogP contribution in [0.25, 0.3) is 11.5 Å². The fraction of sp³-hybridized carbons (Fsp3) is 0.133. The maximum absolute atomic E-state index is 11.9. The molecule has 22 heavy (non-hydrogen) atoms. The van der Waals surface area contributed by atoms with Crippen molar-refractivity contribution in [3.63, 3.8) is 0 Å². The van der Waals surface area contributed by atoms with E-state index in [1.54, 1.807) is 6.92 Å². The first-order valence-corrected chi connectivity index (χ1v) is 6.54. The topological polar surface area (TPSA) is 104 Å². The third-order valence-electron chi connectivity index (χ3n) is 3.02. The zero-order valence-electron chi connectivity index (χ0n) is 11.8. The first kappa shape index (κ1) is 13.9. The number of hydrogen-bond donors (Lipinski definition) is 1. The fourth-order valence-electron chi connectivity index (χ4n) is 1.93. The molecule has 0 saturated heterocycles. The van der Waals surface area contributed by atoms with Gasteiger partial charge >= 0.3 is 5.97 Å². The van der Waals surface area contributed by atoms with Crippen LogP contribution in [0, 0.1) is 6.92 Å². The molecule has 2 aromatic heterocycles. The van der Waals surface area contributed by atoms with Crippen LogP contribution >= 0.6 is 0 Å². The predicted molar refractivity (Wildman–Crippen MR) is 76.7 cm³/mol. The van der Waals surface area contributed by atoms with Crippen LogP contribution in [0.1, 0.15) is 21.7 Å². The zero-order valence-corrected chi connectivity index (χ0v) is 11.8. The summed E-state index contributed by atoms with van der Waals surface area (Å²) in [5, 5.41) is 3.60. The number of nitrogens with two attached hydrogens (primary N) is 1. The lowest BCUT2D eigenvalue weighted by molar-refractivity contribution is 0.0468. The summed E-state index contributed by atoms with van der Waals surface area (Å²) < 4.78 is 15.2. The maximum atomic E-state index is 11.9. The van der Waals surface area contributed by atoms with Crippen molar-refractivity contribution in [2.45, 2.75) is 13.5 Å². The van der Waals surface area contributed by atoms with Gasteiger partial charge in [-0.2, -0.15) is 0 Å². The summed E-state index contributed by atoms with van der Waals surface area (Å²) in [4.78, 5) is 16.2. The second-order valence-corrected chi connectivity index (χ2v) is 4.59. The molecule has 7 heteroatoms. The number of oxazole rings is 1. The minimum atomic E-state index is -0.611. The molecule has 0 atom stereocenters. The number of benzene rings is 1. The highest BCUT2D eigenvalue weighted by atomic mass is 16.5. The summed E-state index contributed by atoms with van der Waals surface area (Å²) in [6, 6.07) is 9.43. The van der Waals surface area contributed by atoms with Crippen LogP contribution < -0.4 is 5.73 Å². The average Bonchev–Trinajstić information content (AvgIpc) is 3.13. The monoisotopic (exact) mass is 299 g/mol. The van der Waals surface area contributed by atoms with Crippen LogP contribution in [-0.2, 0) is 11.3 Å². The van der Waals surface area contributed by atoms with Crippen molar-refractivity contribution in [2.75, 3.05) is 5.73 Å². The van der Waals surface area contributed by atoms with Gasteiger partial charge in [0.15, 0.2) is 0 Å². The summed E-state index contributed by atoms with van der Waals surface area (Å²) >= 11 is 0. The molecule has 0 saturated carbocycles. The van der Waals surface area contributed by atoms with Crippen LogP contribution in [0.15, 0.2) is 45.5 Å². The van der Waals surface area contributed by atoms with Gasteiger partial charge in [0.05, 0.1) is 5.69 Å². The summed E-state index contributed by atoms with van der Waals surface area (Å²) in [7, 11) is 0. The van der Waals surface area contributed by atoms with E-state index in [9.17, 15) is 4.79 Å². The van der Waals surface area contributed by atoms with Crippen LogP contribution in [-0.4, -0.2) is 16.1 Å². The Morgan fingerprint density at radius 1 is 1.32 bits per heavy atom. The quantitative estimate of drug-likeness (QED) is 0.738. The molecular formula is C15H13N3O4. The van der Waals surface area contributed by atoms with Gasteiger partial charge in [-0.05, 0) is 19.1 Å². The van der Waals surface area contributed by atoms with Crippen molar-refractivity contribution in [1.29, 1.82) is 0 Å². The van der Waals surface area contributed by atoms with E-state index in [-0.39, 0.29) is 18.1 Å². The van der Waals surface area contributed by atoms with Crippen molar-refractivity contribution in [3.8, 4) is 11.5 Å². The lowest BCUT2D eigenvalue weighted by Crippen LogP contribution is -2.08. The van der Waals surface area contributed by atoms with Gasteiger partial charge in [0.1, 0.15) is 24.1 Å². The molecule has 2 N–H and O–H groups in total. The molecule has 2 heterocycles. The molecule has 0 bridgehead atoms. The third-order valence-corrected chi connectivity index (χ3v) is 3.02. The van der Waals surface area contributed by atoms with E-state index in [0.717, 1.165) is 5.56 Å². The van der Waals surface area contributed by atoms with Gasteiger partial charge in [0.2, 0.25) is 11.8 Å². The number of carbonyl (C=O) groups is 1. The van der Waals surface area contributed by atoms with E-state index in [2.05, 4.69) is 10.1 Å². The number of anilines is 1. The summed E-state index contributed by atoms with van der Waals surface area (Å²) in [5.74, 6) is -0.208. The molecule has 0 spiro atoms. The van der Waals surface area contributed by atoms with E-state index in [0.29, 0.717) is 17.3 Å². The molecule has 0 fully saturated rings. The van der Waals surface area contributed by atoms with Gasteiger partial charge in [-0.3, -0.25) is 0 Å². The first-order valence-electron chi connectivity index (χ1n) is 6.54. The second kappa shape index (κ2) is 5.72. The molecule has 0 aliphatic heterocycles. The molecule has 7 nitrogen and oxygen atoms in total. The predicted octanol–water partition coefficient (Wildman–Crippen LogP) is 2.58. The summed E-state index contributed by atoms with van der Waals surface area (Å²) in [5.41, 5.74) is 7.39. The zero-order chi connectivity index (χ0) is 15.5. The normalized spacial score (nSPS) is 10.6. The van der Waals surface area contributed by atoms with Crippen LogP contribution in [0.2, 0.25) is 0 Å². The molecule has 3 aromatic rings. The number of ether oxygens (including phenoxy) is 1. The summed E-state index contributed by atoms with van der Waals surface area (Å²) in [6.07, 6.45) is 1.44. The highest BCUT2D eigenvalue weighted by Crippen LogP contribution is 2.20. The van der Waals surface area contributed by atoms with Crippen molar-refractivity contribution in [2.24, 2.45) is 0 Å². The Bertz CT molecular complexity index is 773. The number of nitrogen functional groups attached to an aromatic ring is 1. The number of hydrogen-bond acceptors (Lipinski definition) is 7. The van der Waals surface area contributed by atoms with Crippen molar-refractivity contribution < 1.29 is 18.5 Å². The lowest BCUT2D eigenvalue weighted by atomic mass is 10.2. The fourth-order valence-corrected chi connectivity index (χ4v) is 1.93. The van der Waals surface area contributed by atoms with Gasteiger partial charge in [0.25, 0.3) is 0 Å². The van der Waals surface area contributed by atoms with E-state index in [1.165, 1.54) is 6.26 Å². The standard InChI is InChI=1S/C15H13N3O4/c1-9-12(13(16)22-18-9)15(19)21-8-11-7-20-14(17-11)10-5-3-2-4-6-10/h2-7H,8,16H2,1H3. The van der Waals surface area contributed by atoms with Crippen molar-refractivity contribution >= 4 is 11.9 Å². The average molecular weight is 299 g/mol. The number of aryl methyl sites for hydroxylation is 1. The molecule has 0 unspecified atom stereocenters. The smallest absolute Gasteiger partial charge is 0.346 e. The molecular weight excluding hydrogens is 286 g/mol. The Balaban J connectivity index is 1.68. The van der Waals surface area contributed by atoms with E-state index >= 15 is 0 Å². The first-order chi connectivity index (χ1) is 10.6. The molecule has 0 aliphatic carbocycles. The second-order valence-electron chi connectivity index (χ2n) is 4.59. The molecule has 1 aromatic carbocycles. The number of esters is 1. The highest BCUT2D eigenvalue weighted by molar-refractivity contribution is 5.94. The molecule has 0 aliphatic rings. The van der Waals surface area contributed by atoms with Crippen molar-refractivity contribution in [1.82, 2.24) is 10.1 Å². The number of rotatable bonds is 4. The third kappa shape index (κ3) is 2.69. The lowest BCUT2D eigenvalue weighted by Gasteiger charge is -2.01. The van der Waals surface area contributed by atoms with Crippen LogP contribution in [0.3, 0.4) is 0 Å². The molecule has 112 valence electrons. The molecule has 3 rings (SSSR count). The van der Waals surface area contributed by atoms with E-state index in [4.69, 9.17) is 19.4 Å². The number of aromatic nitrogens is 2. The Hall–Kier alpha value is -3.09. The largest absolute Gasteiger partial charge is 0.455 e. The maximum Gasteiger partial charge on any atom is 0.346 e. The minimum absolute atomic E-state index is 0.0285.